The number of aromatic hydroxyl groups is 3. The second kappa shape index (κ2) is 9.47. The summed E-state index contributed by atoms with van der Waals surface area (Å²) in [5, 5.41) is 33.1. The maximum atomic E-state index is 13.1. The molecule has 7 nitrogen and oxygen atoms in total. The lowest BCUT2D eigenvalue weighted by molar-refractivity contribution is -0.137. The molecule has 0 saturated carbocycles. The standard InChI is InChI=1S/C28H20F3N3O4/c29-28(30,31)17-8-6-16(7-9-17)25-26-20(19-3-1-2-4-21(19)34-26)13-18(33-25)14-32-24(37)10-5-15-11-22(35)27(38)23(36)12-15/h1-13,34-36,38H,14H2,(H,32,37)/b10-5+. The van der Waals surface area contributed by atoms with Gasteiger partial charge in [-0.3, -0.25) is 4.79 Å². The number of nitrogens with one attached hydrogen (secondary N) is 2. The Bertz CT molecular complexity index is 1680. The van der Waals surface area contributed by atoms with Gasteiger partial charge in [0.1, 0.15) is 0 Å². The summed E-state index contributed by atoms with van der Waals surface area (Å²) in [5.74, 6) is -2.21. The van der Waals surface area contributed by atoms with E-state index in [1.165, 1.54) is 36.4 Å². The van der Waals surface area contributed by atoms with E-state index in [1.807, 2.05) is 30.3 Å². The fourth-order valence-electron chi connectivity index (χ4n) is 4.15. The molecule has 0 spiro atoms. The first-order valence-electron chi connectivity index (χ1n) is 11.4. The molecule has 192 valence electrons. The minimum Gasteiger partial charge on any atom is -0.504 e. The summed E-state index contributed by atoms with van der Waals surface area (Å²) in [5.41, 5.74) is 2.43. The van der Waals surface area contributed by atoms with Crippen LogP contribution in [0.25, 0.3) is 39.1 Å². The number of hydrogen-bond acceptors (Lipinski definition) is 5. The summed E-state index contributed by atoms with van der Waals surface area (Å²) in [6, 6.07) is 16.4. The van der Waals surface area contributed by atoms with Gasteiger partial charge in [0.2, 0.25) is 5.91 Å². The molecule has 0 aliphatic carbocycles. The Labute approximate surface area is 213 Å². The molecular weight excluding hydrogens is 499 g/mol. The predicted molar refractivity (Wildman–Crippen MR) is 136 cm³/mol. The number of amides is 1. The monoisotopic (exact) mass is 519 g/mol. The Kier molecular flexibility index (Phi) is 6.15. The average molecular weight is 519 g/mol. The van der Waals surface area contributed by atoms with Crippen molar-refractivity contribution in [2.75, 3.05) is 0 Å². The number of aromatic nitrogens is 2. The number of carbonyl (C=O) groups excluding carboxylic acids is 1. The molecule has 38 heavy (non-hydrogen) atoms. The van der Waals surface area contributed by atoms with Crippen LogP contribution in [-0.4, -0.2) is 31.2 Å². The van der Waals surface area contributed by atoms with E-state index in [2.05, 4.69) is 15.3 Å². The Balaban J connectivity index is 1.46. The molecule has 0 unspecified atom stereocenters. The van der Waals surface area contributed by atoms with Crippen LogP contribution >= 0.6 is 0 Å². The Morgan fingerprint density at radius 1 is 0.947 bits per heavy atom. The first kappa shape index (κ1) is 24.7. The highest BCUT2D eigenvalue weighted by Crippen LogP contribution is 2.36. The van der Waals surface area contributed by atoms with Crippen LogP contribution in [0.4, 0.5) is 13.2 Å². The van der Waals surface area contributed by atoms with Gasteiger partial charge in [0.05, 0.1) is 29.0 Å². The van der Waals surface area contributed by atoms with E-state index in [9.17, 15) is 33.3 Å². The van der Waals surface area contributed by atoms with Crippen molar-refractivity contribution in [2.24, 2.45) is 0 Å². The third kappa shape index (κ3) is 4.83. The normalized spacial score (nSPS) is 12.0. The molecule has 0 saturated heterocycles. The number of phenolic OH excluding ortho intramolecular Hbond substituents is 3. The number of fused-ring (bicyclic) bond motifs is 3. The molecule has 0 fully saturated rings. The topological polar surface area (TPSA) is 118 Å². The molecule has 5 rings (SSSR count). The molecule has 5 aromatic rings. The Hall–Kier alpha value is -4.99. The number of benzene rings is 3. The summed E-state index contributed by atoms with van der Waals surface area (Å²) >= 11 is 0. The SMILES string of the molecule is O=C(/C=C/c1cc(O)c(O)c(O)c1)NCc1cc2c([nH]c3ccccc32)c(-c2ccc(C(F)(F)F)cc2)n1. The number of pyridine rings is 1. The zero-order valence-electron chi connectivity index (χ0n) is 19.5. The Morgan fingerprint density at radius 2 is 1.63 bits per heavy atom. The lowest BCUT2D eigenvalue weighted by Gasteiger charge is -2.10. The second-order valence-corrected chi connectivity index (χ2v) is 8.59. The fourth-order valence-corrected chi connectivity index (χ4v) is 4.15. The number of carbonyl (C=O) groups is 1. The second-order valence-electron chi connectivity index (χ2n) is 8.59. The number of rotatable bonds is 5. The van der Waals surface area contributed by atoms with Crippen LogP contribution in [0.3, 0.4) is 0 Å². The van der Waals surface area contributed by atoms with Gasteiger partial charge in [-0.15, -0.1) is 0 Å². The van der Waals surface area contributed by atoms with Crippen LogP contribution in [0.15, 0.2) is 72.8 Å². The van der Waals surface area contributed by atoms with Crippen molar-refractivity contribution >= 4 is 33.8 Å². The molecule has 0 aliphatic heterocycles. The number of alkyl halides is 3. The molecule has 10 heteroatoms. The van der Waals surface area contributed by atoms with Gasteiger partial charge >= 0.3 is 6.18 Å². The summed E-state index contributed by atoms with van der Waals surface area (Å²) < 4.78 is 39.2. The zero-order chi connectivity index (χ0) is 27.0. The number of para-hydroxylation sites is 1. The van der Waals surface area contributed by atoms with Crippen LogP contribution in [0.5, 0.6) is 17.2 Å². The smallest absolute Gasteiger partial charge is 0.416 e. The van der Waals surface area contributed by atoms with Crippen molar-refractivity contribution in [3.63, 3.8) is 0 Å². The van der Waals surface area contributed by atoms with E-state index in [0.29, 0.717) is 22.5 Å². The van der Waals surface area contributed by atoms with E-state index >= 15 is 0 Å². The molecule has 3 aromatic carbocycles. The maximum absolute atomic E-state index is 13.1. The number of halogens is 3. The van der Waals surface area contributed by atoms with Crippen LogP contribution in [0, 0.1) is 0 Å². The van der Waals surface area contributed by atoms with Gasteiger partial charge in [0.25, 0.3) is 0 Å². The summed E-state index contributed by atoms with van der Waals surface area (Å²) in [6.45, 7) is 0.0261. The summed E-state index contributed by atoms with van der Waals surface area (Å²) in [7, 11) is 0. The number of aromatic amines is 1. The molecule has 0 bridgehead atoms. The minimum atomic E-state index is -4.46. The fraction of sp³-hybridized carbons (Fsp3) is 0.0714. The molecule has 0 atom stereocenters. The number of H-pyrrole nitrogens is 1. The van der Waals surface area contributed by atoms with Crippen molar-refractivity contribution in [1.29, 1.82) is 0 Å². The molecule has 2 heterocycles. The van der Waals surface area contributed by atoms with Crippen molar-refractivity contribution in [1.82, 2.24) is 15.3 Å². The predicted octanol–water partition coefficient (Wildman–Crippen LogP) is 5.85. The number of phenols is 3. The third-order valence-corrected chi connectivity index (χ3v) is 6.00. The first-order valence-corrected chi connectivity index (χ1v) is 11.4. The van der Waals surface area contributed by atoms with E-state index < -0.39 is 34.9 Å². The lowest BCUT2D eigenvalue weighted by Crippen LogP contribution is -2.21. The average Bonchev–Trinajstić information content (AvgIpc) is 3.27. The van der Waals surface area contributed by atoms with E-state index in [0.717, 1.165) is 28.4 Å². The van der Waals surface area contributed by atoms with Gasteiger partial charge in [-0.1, -0.05) is 30.3 Å². The summed E-state index contributed by atoms with van der Waals surface area (Å²) in [6.07, 6.45) is -1.93. The highest BCUT2D eigenvalue weighted by atomic mass is 19.4. The zero-order valence-corrected chi connectivity index (χ0v) is 19.5. The van der Waals surface area contributed by atoms with Crippen molar-refractivity contribution < 1.29 is 33.3 Å². The van der Waals surface area contributed by atoms with Crippen molar-refractivity contribution in [3.05, 3.63) is 89.6 Å². The van der Waals surface area contributed by atoms with E-state index in [-0.39, 0.29) is 12.1 Å². The molecule has 0 radical (unpaired) electrons. The first-order chi connectivity index (χ1) is 18.1. The van der Waals surface area contributed by atoms with Crippen LogP contribution < -0.4 is 5.32 Å². The maximum Gasteiger partial charge on any atom is 0.416 e. The molecule has 1 amide bonds. The number of hydrogen-bond donors (Lipinski definition) is 5. The Morgan fingerprint density at radius 3 is 2.32 bits per heavy atom. The quantitative estimate of drug-likeness (QED) is 0.148. The van der Waals surface area contributed by atoms with Crippen molar-refractivity contribution in [3.8, 4) is 28.5 Å². The van der Waals surface area contributed by atoms with Crippen LogP contribution in [0.1, 0.15) is 16.8 Å². The van der Waals surface area contributed by atoms with Gasteiger partial charge < -0.3 is 25.6 Å². The van der Waals surface area contributed by atoms with Crippen molar-refractivity contribution in [2.45, 2.75) is 12.7 Å². The van der Waals surface area contributed by atoms with Gasteiger partial charge in [0.15, 0.2) is 17.2 Å². The van der Waals surface area contributed by atoms with Gasteiger partial charge in [-0.05, 0) is 48.0 Å². The van der Waals surface area contributed by atoms with Gasteiger partial charge in [-0.25, -0.2) is 4.98 Å². The summed E-state index contributed by atoms with van der Waals surface area (Å²) in [4.78, 5) is 20.4. The van der Waals surface area contributed by atoms with E-state index in [4.69, 9.17) is 0 Å². The minimum absolute atomic E-state index is 0.0261. The largest absolute Gasteiger partial charge is 0.504 e. The van der Waals surface area contributed by atoms with E-state index in [1.54, 1.807) is 0 Å². The highest BCUT2D eigenvalue weighted by molar-refractivity contribution is 6.11. The molecule has 5 N–H and O–H groups in total. The molecular formula is C28H20F3N3O4. The van der Waals surface area contributed by atoms with Gasteiger partial charge in [-0.2, -0.15) is 13.2 Å². The van der Waals surface area contributed by atoms with Crippen LogP contribution in [0.2, 0.25) is 0 Å². The van der Waals surface area contributed by atoms with Crippen LogP contribution in [-0.2, 0) is 17.5 Å². The number of nitrogens with zero attached hydrogens (tertiary/aromatic N) is 1. The third-order valence-electron chi connectivity index (χ3n) is 6.00. The highest BCUT2D eigenvalue weighted by Gasteiger charge is 2.30. The molecule has 2 aromatic heterocycles. The molecule has 0 aliphatic rings. The lowest BCUT2D eigenvalue weighted by atomic mass is 10.0. The van der Waals surface area contributed by atoms with Gasteiger partial charge in [0, 0.05) is 27.9 Å².